The van der Waals surface area contributed by atoms with Gasteiger partial charge in [-0.25, -0.2) is 0 Å². The Morgan fingerprint density at radius 2 is 2.11 bits per heavy atom. The molecule has 0 aliphatic carbocycles. The smallest absolute Gasteiger partial charge is 0.106 e. The number of hydrogen-bond donors (Lipinski definition) is 1. The van der Waals surface area contributed by atoms with E-state index in [1.807, 2.05) is 18.2 Å². The summed E-state index contributed by atoms with van der Waals surface area (Å²) in [5.74, 6) is 0. The van der Waals surface area contributed by atoms with Crippen molar-refractivity contribution in [2.45, 2.75) is 18.6 Å². The minimum absolute atomic E-state index is 0.215. The molecule has 0 aromatic heterocycles. The topological polar surface area (TPSA) is 30.5 Å². The Kier molecular flexibility index (Phi) is 4.87. The summed E-state index contributed by atoms with van der Waals surface area (Å²) in [4.78, 5) is 0. The van der Waals surface area contributed by atoms with E-state index in [2.05, 4.69) is 5.32 Å². The van der Waals surface area contributed by atoms with E-state index in [1.165, 1.54) is 0 Å². The molecule has 1 fully saturated rings. The Bertz CT molecular complexity index is 386. The fraction of sp³-hybridized carbons (Fsp3) is 0.538. The predicted molar refractivity (Wildman–Crippen MR) is 73.3 cm³/mol. The molecule has 1 aromatic rings. The fourth-order valence-electron chi connectivity index (χ4n) is 2.08. The van der Waals surface area contributed by atoms with Crippen molar-refractivity contribution in [3.8, 4) is 0 Å². The van der Waals surface area contributed by atoms with Crippen molar-refractivity contribution in [1.82, 2.24) is 5.32 Å². The zero-order chi connectivity index (χ0) is 13.0. The first kappa shape index (κ1) is 14.1. The Balaban J connectivity index is 1.92. The summed E-state index contributed by atoms with van der Waals surface area (Å²) in [5, 5.41) is 4.71. The zero-order valence-electron chi connectivity index (χ0n) is 10.3. The molecule has 1 atom stereocenters. The molecule has 0 radical (unpaired) electrons. The van der Waals surface area contributed by atoms with Crippen molar-refractivity contribution < 1.29 is 9.47 Å². The van der Waals surface area contributed by atoms with Gasteiger partial charge in [0, 0.05) is 48.8 Å². The van der Waals surface area contributed by atoms with Crippen LogP contribution in [0.2, 0.25) is 10.0 Å². The quantitative estimate of drug-likeness (QED) is 0.904. The molecule has 1 heterocycles. The van der Waals surface area contributed by atoms with Crippen molar-refractivity contribution >= 4 is 23.2 Å². The second-order valence-electron chi connectivity index (χ2n) is 4.49. The number of rotatable bonds is 5. The lowest BCUT2D eigenvalue weighted by molar-refractivity contribution is -0.0159. The lowest BCUT2D eigenvalue weighted by atomic mass is 10.0. The van der Waals surface area contributed by atoms with E-state index in [0.29, 0.717) is 23.2 Å². The molecule has 1 aliphatic heterocycles. The highest BCUT2D eigenvalue weighted by Crippen LogP contribution is 2.25. The molecule has 1 N–H and O–H groups in total. The normalized spacial score (nSPS) is 23.5. The van der Waals surface area contributed by atoms with E-state index >= 15 is 0 Å². The molecule has 0 bridgehead atoms. The first-order chi connectivity index (χ1) is 8.67. The summed E-state index contributed by atoms with van der Waals surface area (Å²) in [6.45, 7) is 2.74. The largest absolute Gasteiger partial charge is 0.378 e. The maximum atomic E-state index is 6.11. The highest BCUT2D eigenvalue weighted by atomic mass is 35.5. The van der Waals surface area contributed by atoms with Gasteiger partial charge in [-0.1, -0.05) is 29.3 Å². The highest BCUT2D eigenvalue weighted by molar-refractivity contribution is 6.35. The van der Waals surface area contributed by atoms with E-state index in [-0.39, 0.29) is 5.60 Å². The van der Waals surface area contributed by atoms with Gasteiger partial charge in [0.2, 0.25) is 0 Å². The van der Waals surface area contributed by atoms with Gasteiger partial charge in [0.1, 0.15) is 5.60 Å². The van der Waals surface area contributed by atoms with Gasteiger partial charge >= 0.3 is 0 Å². The molecule has 3 nitrogen and oxygen atoms in total. The molecular formula is C13H17Cl2NO2. The van der Waals surface area contributed by atoms with Gasteiger partial charge in [-0.05, 0) is 12.1 Å². The van der Waals surface area contributed by atoms with E-state index in [0.717, 1.165) is 25.1 Å². The van der Waals surface area contributed by atoms with Crippen LogP contribution in [0.4, 0.5) is 0 Å². The average molecular weight is 290 g/mol. The van der Waals surface area contributed by atoms with Gasteiger partial charge in [-0.3, -0.25) is 0 Å². The summed E-state index contributed by atoms with van der Waals surface area (Å²) in [6.07, 6.45) is 0.909. The molecule has 1 unspecified atom stereocenters. The van der Waals surface area contributed by atoms with Crippen molar-refractivity contribution in [3.05, 3.63) is 33.8 Å². The van der Waals surface area contributed by atoms with Crippen LogP contribution < -0.4 is 5.32 Å². The summed E-state index contributed by atoms with van der Waals surface area (Å²) in [5.41, 5.74) is 0.708. The molecule has 100 valence electrons. The van der Waals surface area contributed by atoms with Crippen LogP contribution in [-0.4, -0.2) is 32.5 Å². The SMILES string of the molecule is COC1(CNCc2c(Cl)cccc2Cl)CCOC1. The maximum Gasteiger partial charge on any atom is 0.106 e. The van der Waals surface area contributed by atoms with Gasteiger partial charge in [0.05, 0.1) is 6.61 Å². The number of benzene rings is 1. The van der Waals surface area contributed by atoms with Crippen LogP contribution in [0.15, 0.2) is 18.2 Å². The van der Waals surface area contributed by atoms with Crippen LogP contribution in [0.25, 0.3) is 0 Å². The number of nitrogens with one attached hydrogen (secondary N) is 1. The number of halogens is 2. The number of hydrogen-bond acceptors (Lipinski definition) is 3. The van der Waals surface area contributed by atoms with Crippen LogP contribution in [0.1, 0.15) is 12.0 Å². The van der Waals surface area contributed by atoms with Crippen molar-refractivity contribution in [2.75, 3.05) is 26.9 Å². The number of ether oxygens (including phenoxy) is 2. The predicted octanol–water partition coefficient (Wildman–Crippen LogP) is 2.89. The Labute approximate surface area is 117 Å². The zero-order valence-corrected chi connectivity index (χ0v) is 11.9. The molecule has 0 spiro atoms. The first-order valence-corrected chi connectivity index (χ1v) is 6.69. The molecule has 1 aliphatic rings. The fourth-order valence-corrected chi connectivity index (χ4v) is 2.61. The van der Waals surface area contributed by atoms with E-state index in [1.54, 1.807) is 7.11 Å². The summed E-state index contributed by atoms with van der Waals surface area (Å²) in [7, 11) is 1.72. The molecule has 18 heavy (non-hydrogen) atoms. The lowest BCUT2D eigenvalue weighted by Crippen LogP contribution is -2.42. The minimum atomic E-state index is -0.215. The van der Waals surface area contributed by atoms with Crippen molar-refractivity contribution in [2.24, 2.45) is 0 Å². The van der Waals surface area contributed by atoms with Gasteiger partial charge in [0.15, 0.2) is 0 Å². The van der Waals surface area contributed by atoms with Gasteiger partial charge in [0.25, 0.3) is 0 Å². The van der Waals surface area contributed by atoms with Crippen molar-refractivity contribution in [3.63, 3.8) is 0 Å². The van der Waals surface area contributed by atoms with Crippen LogP contribution in [0, 0.1) is 0 Å². The second kappa shape index (κ2) is 6.22. The van der Waals surface area contributed by atoms with Gasteiger partial charge in [-0.15, -0.1) is 0 Å². The van der Waals surface area contributed by atoms with Gasteiger partial charge in [-0.2, -0.15) is 0 Å². The monoisotopic (exact) mass is 289 g/mol. The average Bonchev–Trinajstić information content (AvgIpc) is 2.82. The maximum absolute atomic E-state index is 6.11. The first-order valence-electron chi connectivity index (χ1n) is 5.93. The minimum Gasteiger partial charge on any atom is -0.378 e. The third-order valence-corrected chi connectivity index (χ3v) is 4.02. The van der Waals surface area contributed by atoms with Crippen LogP contribution >= 0.6 is 23.2 Å². The van der Waals surface area contributed by atoms with E-state index in [9.17, 15) is 0 Å². The third kappa shape index (κ3) is 3.16. The van der Waals surface area contributed by atoms with Gasteiger partial charge < -0.3 is 14.8 Å². The Hall–Kier alpha value is -0.320. The summed E-state index contributed by atoms with van der Waals surface area (Å²) in [6, 6.07) is 5.53. The molecular weight excluding hydrogens is 273 g/mol. The van der Waals surface area contributed by atoms with Crippen LogP contribution in [0.3, 0.4) is 0 Å². The lowest BCUT2D eigenvalue weighted by Gasteiger charge is -2.26. The molecule has 2 rings (SSSR count). The highest BCUT2D eigenvalue weighted by Gasteiger charge is 2.34. The third-order valence-electron chi connectivity index (χ3n) is 3.31. The summed E-state index contributed by atoms with van der Waals surface area (Å²) < 4.78 is 10.9. The molecule has 0 saturated carbocycles. The molecule has 1 aromatic carbocycles. The summed E-state index contributed by atoms with van der Waals surface area (Å²) >= 11 is 12.2. The Morgan fingerprint density at radius 3 is 2.67 bits per heavy atom. The molecule has 5 heteroatoms. The van der Waals surface area contributed by atoms with E-state index < -0.39 is 0 Å². The van der Waals surface area contributed by atoms with Crippen molar-refractivity contribution in [1.29, 1.82) is 0 Å². The van der Waals surface area contributed by atoms with Crippen LogP contribution in [-0.2, 0) is 16.0 Å². The molecule has 0 amide bonds. The number of methoxy groups -OCH3 is 1. The van der Waals surface area contributed by atoms with E-state index in [4.69, 9.17) is 32.7 Å². The molecule has 1 saturated heterocycles. The standard InChI is InChI=1S/C13H17Cl2NO2/c1-17-13(5-6-18-9-13)8-16-7-10-11(14)3-2-4-12(10)15/h2-4,16H,5-9H2,1H3. The Morgan fingerprint density at radius 1 is 1.39 bits per heavy atom. The second-order valence-corrected chi connectivity index (χ2v) is 5.31. The van der Waals surface area contributed by atoms with Crippen LogP contribution in [0.5, 0.6) is 0 Å².